The Balaban J connectivity index is 2.65. The highest BCUT2D eigenvalue weighted by molar-refractivity contribution is 5.80. The maximum atomic E-state index is 12.4. The van der Waals surface area contributed by atoms with E-state index in [0.29, 0.717) is 12.5 Å². The van der Waals surface area contributed by atoms with Gasteiger partial charge >= 0.3 is 12.0 Å². The highest BCUT2D eigenvalue weighted by Gasteiger charge is 2.25. The molecule has 5 nitrogen and oxygen atoms in total. The molecule has 1 N–H and O–H groups in total. The van der Waals surface area contributed by atoms with Crippen molar-refractivity contribution in [2.24, 2.45) is 11.8 Å². The molecule has 1 saturated heterocycles. The van der Waals surface area contributed by atoms with Crippen molar-refractivity contribution in [3.63, 3.8) is 0 Å². The molecule has 1 aliphatic heterocycles. The van der Waals surface area contributed by atoms with Gasteiger partial charge in [0, 0.05) is 19.6 Å². The van der Waals surface area contributed by atoms with E-state index in [0.717, 1.165) is 32.4 Å². The Hall–Kier alpha value is -1.26. The Labute approximate surface area is 115 Å². The van der Waals surface area contributed by atoms with Gasteiger partial charge in [-0.1, -0.05) is 20.8 Å². The molecule has 2 amide bonds. The molecule has 1 atom stereocenters. The summed E-state index contributed by atoms with van der Waals surface area (Å²) in [4.78, 5) is 26.6. The molecule has 1 fully saturated rings. The lowest BCUT2D eigenvalue weighted by Crippen LogP contribution is -2.47. The van der Waals surface area contributed by atoms with E-state index in [1.54, 1.807) is 0 Å². The number of urea groups is 1. The van der Waals surface area contributed by atoms with Gasteiger partial charge in [0.05, 0.1) is 0 Å². The van der Waals surface area contributed by atoms with Crippen molar-refractivity contribution < 1.29 is 14.7 Å². The van der Waals surface area contributed by atoms with Crippen LogP contribution in [0, 0.1) is 11.8 Å². The third-order valence-electron chi connectivity index (χ3n) is 3.47. The SMILES string of the molecule is CC(C)CN(CC(=O)O)C(=O)N1CCCC(C)CC1. The van der Waals surface area contributed by atoms with Crippen molar-refractivity contribution in [3.8, 4) is 0 Å². The molecule has 110 valence electrons. The zero-order chi connectivity index (χ0) is 14.4. The maximum Gasteiger partial charge on any atom is 0.323 e. The summed E-state index contributed by atoms with van der Waals surface area (Å²) in [6, 6.07) is -0.120. The molecule has 0 aromatic heterocycles. The minimum atomic E-state index is -0.947. The lowest BCUT2D eigenvalue weighted by molar-refractivity contribution is -0.137. The number of hydrogen-bond donors (Lipinski definition) is 1. The second-order valence-corrected chi connectivity index (χ2v) is 5.97. The molecule has 1 aliphatic rings. The summed E-state index contributed by atoms with van der Waals surface area (Å²) in [6.07, 6.45) is 3.16. The zero-order valence-electron chi connectivity index (χ0n) is 12.3. The van der Waals surface area contributed by atoms with Crippen molar-refractivity contribution in [1.29, 1.82) is 0 Å². The van der Waals surface area contributed by atoms with Gasteiger partial charge in [-0.15, -0.1) is 0 Å². The molecule has 0 saturated carbocycles. The third kappa shape index (κ3) is 5.49. The van der Waals surface area contributed by atoms with E-state index >= 15 is 0 Å². The van der Waals surface area contributed by atoms with Crippen LogP contribution in [0.25, 0.3) is 0 Å². The monoisotopic (exact) mass is 270 g/mol. The van der Waals surface area contributed by atoms with E-state index in [2.05, 4.69) is 6.92 Å². The van der Waals surface area contributed by atoms with Crippen LogP contribution < -0.4 is 0 Å². The maximum absolute atomic E-state index is 12.4. The molecule has 1 rings (SSSR count). The number of carbonyl (C=O) groups is 2. The second-order valence-electron chi connectivity index (χ2n) is 5.97. The number of amides is 2. The number of hydrogen-bond acceptors (Lipinski definition) is 2. The smallest absolute Gasteiger partial charge is 0.323 e. The normalized spacial score (nSPS) is 20.2. The Kier molecular flexibility index (Phi) is 6.12. The first-order valence-corrected chi connectivity index (χ1v) is 7.15. The number of aliphatic carboxylic acids is 1. The molecular weight excluding hydrogens is 244 g/mol. The number of nitrogens with zero attached hydrogens (tertiary/aromatic N) is 2. The van der Waals surface area contributed by atoms with Gasteiger partial charge in [0.2, 0.25) is 0 Å². The number of carbonyl (C=O) groups excluding carboxylic acids is 1. The van der Waals surface area contributed by atoms with E-state index in [4.69, 9.17) is 5.11 Å². The molecule has 5 heteroatoms. The fourth-order valence-corrected chi connectivity index (χ4v) is 2.47. The molecule has 0 spiro atoms. The minimum Gasteiger partial charge on any atom is -0.480 e. The zero-order valence-corrected chi connectivity index (χ0v) is 12.3. The van der Waals surface area contributed by atoms with Crippen LogP contribution in [0.15, 0.2) is 0 Å². The van der Waals surface area contributed by atoms with Gasteiger partial charge in [0.1, 0.15) is 6.54 Å². The summed E-state index contributed by atoms with van der Waals surface area (Å²) in [5.74, 6) is -0.0257. The molecule has 0 radical (unpaired) electrons. The van der Waals surface area contributed by atoms with E-state index in [1.807, 2.05) is 18.7 Å². The Morgan fingerprint density at radius 2 is 2.00 bits per heavy atom. The van der Waals surface area contributed by atoms with E-state index in [9.17, 15) is 9.59 Å². The van der Waals surface area contributed by atoms with Crippen LogP contribution in [0.3, 0.4) is 0 Å². The minimum absolute atomic E-state index is 0.120. The highest BCUT2D eigenvalue weighted by Crippen LogP contribution is 2.17. The lowest BCUT2D eigenvalue weighted by Gasteiger charge is -2.30. The van der Waals surface area contributed by atoms with Crippen LogP contribution in [0.2, 0.25) is 0 Å². The first-order valence-electron chi connectivity index (χ1n) is 7.15. The first-order chi connectivity index (χ1) is 8.90. The molecule has 1 heterocycles. The molecule has 0 aliphatic carbocycles. The summed E-state index contributed by atoms with van der Waals surface area (Å²) < 4.78 is 0. The summed E-state index contributed by atoms with van der Waals surface area (Å²) in [5.41, 5.74) is 0. The van der Waals surface area contributed by atoms with Gasteiger partial charge in [0.15, 0.2) is 0 Å². The number of likely N-dealkylation sites (tertiary alicyclic amines) is 1. The van der Waals surface area contributed by atoms with E-state index in [1.165, 1.54) is 4.90 Å². The topological polar surface area (TPSA) is 60.9 Å². The summed E-state index contributed by atoms with van der Waals surface area (Å²) >= 11 is 0. The van der Waals surface area contributed by atoms with Gasteiger partial charge in [-0.25, -0.2) is 4.79 Å². The predicted molar refractivity (Wildman–Crippen MR) is 74.0 cm³/mol. The third-order valence-corrected chi connectivity index (χ3v) is 3.47. The highest BCUT2D eigenvalue weighted by atomic mass is 16.4. The Bertz CT molecular complexity index is 318. The van der Waals surface area contributed by atoms with Gasteiger partial charge in [0.25, 0.3) is 0 Å². The van der Waals surface area contributed by atoms with Gasteiger partial charge < -0.3 is 14.9 Å². The van der Waals surface area contributed by atoms with Crippen LogP contribution in [0.1, 0.15) is 40.0 Å². The second kappa shape index (κ2) is 7.36. The van der Waals surface area contributed by atoms with Crippen LogP contribution in [-0.2, 0) is 4.79 Å². The fourth-order valence-electron chi connectivity index (χ4n) is 2.47. The van der Waals surface area contributed by atoms with Gasteiger partial charge in [-0.2, -0.15) is 0 Å². The molecule has 0 aromatic rings. The van der Waals surface area contributed by atoms with E-state index in [-0.39, 0.29) is 18.5 Å². The molecular formula is C14H26N2O3. The van der Waals surface area contributed by atoms with Crippen LogP contribution >= 0.6 is 0 Å². The summed E-state index contributed by atoms with van der Waals surface area (Å²) in [7, 11) is 0. The summed E-state index contributed by atoms with van der Waals surface area (Å²) in [6.45, 7) is 7.97. The Morgan fingerprint density at radius 3 is 2.58 bits per heavy atom. The number of rotatable bonds is 4. The predicted octanol–water partition coefficient (Wildman–Crippen LogP) is 2.27. The van der Waals surface area contributed by atoms with E-state index < -0.39 is 5.97 Å². The van der Waals surface area contributed by atoms with Crippen molar-refractivity contribution >= 4 is 12.0 Å². The first kappa shape index (κ1) is 15.8. The quantitative estimate of drug-likeness (QED) is 0.852. The number of carboxylic acid groups (broad SMARTS) is 1. The average Bonchev–Trinajstić information content (AvgIpc) is 2.51. The van der Waals surface area contributed by atoms with Crippen molar-refractivity contribution in [1.82, 2.24) is 9.80 Å². The van der Waals surface area contributed by atoms with Crippen molar-refractivity contribution in [3.05, 3.63) is 0 Å². The molecule has 0 aromatic carbocycles. The largest absolute Gasteiger partial charge is 0.480 e. The van der Waals surface area contributed by atoms with Crippen molar-refractivity contribution in [2.45, 2.75) is 40.0 Å². The van der Waals surface area contributed by atoms with Gasteiger partial charge in [-0.05, 0) is 31.1 Å². The Morgan fingerprint density at radius 1 is 1.32 bits per heavy atom. The fraction of sp³-hybridized carbons (Fsp3) is 0.857. The van der Waals surface area contributed by atoms with Crippen LogP contribution in [0.4, 0.5) is 4.79 Å². The standard InChI is InChI=1S/C14H26N2O3/c1-11(2)9-16(10-13(17)18)14(19)15-7-4-5-12(3)6-8-15/h11-12H,4-10H2,1-3H3,(H,17,18). The van der Waals surface area contributed by atoms with Crippen LogP contribution in [-0.4, -0.2) is 53.1 Å². The van der Waals surface area contributed by atoms with Crippen molar-refractivity contribution in [2.75, 3.05) is 26.2 Å². The molecule has 1 unspecified atom stereocenters. The number of carboxylic acids is 1. The lowest BCUT2D eigenvalue weighted by atomic mass is 10.0. The molecule has 0 bridgehead atoms. The molecule has 19 heavy (non-hydrogen) atoms. The summed E-state index contributed by atoms with van der Waals surface area (Å²) in [5, 5.41) is 8.93. The van der Waals surface area contributed by atoms with Crippen LogP contribution in [0.5, 0.6) is 0 Å². The van der Waals surface area contributed by atoms with Gasteiger partial charge in [-0.3, -0.25) is 4.79 Å². The average molecular weight is 270 g/mol.